The number of nitrogens with zero attached hydrogens (tertiary/aromatic N) is 2. The molecule has 2 aromatic carbocycles. The topological polar surface area (TPSA) is 73.1 Å². The lowest BCUT2D eigenvalue weighted by atomic mass is 10.2. The summed E-state index contributed by atoms with van der Waals surface area (Å²) in [6.45, 7) is 1.35. The fourth-order valence-corrected chi connectivity index (χ4v) is 3.99. The summed E-state index contributed by atoms with van der Waals surface area (Å²) >= 11 is 1.15. The highest BCUT2D eigenvalue weighted by Crippen LogP contribution is 2.18. The van der Waals surface area contributed by atoms with E-state index in [9.17, 15) is 23.2 Å². The number of benzene rings is 2. The van der Waals surface area contributed by atoms with Crippen LogP contribution in [0.3, 0.4) is 0 Å². The Labute approximate surface area is 172 Å². The van der Waals surface area contributed by atoms with E-state index in [0.29, 0.717) is 15.9 Å². The Hall–Kier alpha value is -3.59. The molecule has 0 aliphatic carbocycles. The Morgan fingerprint density at radius 3 is 2.67 bits per heavy atom. The number of hydrogen-bond acceptors (Lipinski definition) is 4. The summed E-state index contributed by atoms with van der Waals surface area (Å²) in [5.74, 6) is -2.25. The summed E-state index contributed by atoms with van der Waals surface area (Å²) in [5.41, 5.74) is 0.0202. The van der Waals surface area contributed by atoms with E-state index in [2.05, 4.69) is 5.32 Å². The lowest BCUT2D eigenvalue weighted by Crippen LogP contribution is -2.40. The van der Waals surface area contributed by atoms with Crippen molar-refractivity contribution >= 4 is 33.1 Å². The molecule has 0 atom stereocenters. The van der Waals surface area contributed by atoms with Crippen LogP contribution in [0.2, 0.25) is 0 Å². The van der Waals surface area contributed by atoms with Crippen LogP contribution < -0.4 is 16.6 Å². The first-order valence-electron chi connectivity index (χ1n) is 8.90. The Balaban J connectivity index is 1.80. The zero-order valence-electron chi connectivity index (χ0n) is 15.7. The van der Waals surface area contributed by atoms with Crippen molar-refractivity contribution in [1.29, 1.82) is 0 Å². The van der Waals surface area contributed by atoms with Gasteiger partial charge < -0.3 is 5.32 Å². The van der Waals surface area contributed by atoms with Gasteiger partial charge in [0.25, 0.3) is 5.56 Å². The third-order valence-electron chi connectivity index (χ3n) is 4.52. The molecule has 0 aliphatic heterocycles. The number of hydrogen-bond donors (Lipinski definition) is 1. The van der Waals surface area contributed by atoms with Crippen molar-refractivity contribution in [1.82, 2.24) is 9.13 Å². The number of aromatic nitrogens is 2. The largest absolute Gasteiger partial charge is 0.336 e. The highest BCUT2D eigenvalue weighted by molar-refractivity contribution is 7.17. The Morgan fingerprint density at radius 1 is 1.10 bits per heavy atom. The standard InChI is InChI=1S/C21H15F2N3O3S/c1-12-3-2-4-14(9-12)26-20(28)19-17(7-8-30-19)25(21(26)29)11-18(27)24-16-10-13(22)5-6-15(16)23/h2-10H,11H2,1H3,(H,24,27). The quantitative estimate of drug-likeness (QED) is 0.542. The Morgan fingerprint density at radius 2 is 1.90 bits per heavy atom. The lowest BCUT2D eigenvalue weighted by molar-refractivity contribution is -0.116. The van der Waals surface area contributed by atoms with Gasteiger partial charge in [-0.15, -0.1) is 11.3 Å². The zero-order chi connectivity index (χ0) is 21.4. The van der Waals surface area contributed by atoms with Crippen molar-refractivity contribution in [3.63, 3.8) is 0 Å². The molecule has 0 fully saturated rings. The third kappa shape index (κ3) is 3.55. The van der Waals surface area contributed by atoms with Crippen molar-refractivity contribution < 1.29 is 13.6 Å². The zero-order valence-corrected chi connectivity index (χ0v) is 16.5. The minimum atomic E-state index is -0.803. The molecule has 4 aromatic rings. The van der Waals surface area contributed by atoms with Crippen LogP contribution in [-0.4, -0.2) is 15.0 Å². The van der Waals surface area contributed by atoms with Gasteiger partial charge in [-0.25, -0.2) is 18.1 Å². The van der Waals surface area contributed by atoms with Crippen LogP contribution in [0.15, 0.2) is 63.5 Å². The van der Waals surface area contributed by atoms with Crippen molar-refractivity contribution in [3.8, 4) is 5.69 Å². The summed E-state index contributed by atoms with van der Waals surface area (Å²) in [7, 11) is 0. The maximum atomic E-state index is 13.8. The van der Waals surface area contributed by atoms with E-state index in [0.717, 1.165) is 44.2 Å². The molecule has 0 bridgehead atoms. The molecule has 6 nitrogen and oxygen atoms in total. The number of fused-ring (bicyclic) bond motifs is 1. The van der Waals surface area contributed by atoms with E-state index in [-0.39, 0.29) is 5.69 Å². The molecule has 0 aliphatic rings. The second-order valence-electron chi connectivity index (χ2n) is 6.66. The number of nitrogens with one attached hydrogen (secondary N) is 1. The minimum Gasteiger partial charge on any atom is -0.322 e. The van der Waals surface area contributed by atoms with Gasteiger partial charge in [-0.05, 0) is 48.2 Å². The number of amides is 1. The summed E-state index contributed by atoms with van der Waals surface area (Å²) in [5, 5.41) is 3.91. The first kappa shape index (κ1) is 19.7. The van der Waals surface area contributed by atoms with E-state index in [1.807, 2.05) is 13.0 Å². The number of anilines is 1. The van der Waals surface area contributed by atoms with Gasteiger partial charge >= 0.3 is 5.69 Å². The van der Waals surface area contributed by atoms with Gasteiger partial charge in [0.2, 0.25) is 5.91 Å². The van der Waals surface area contributed by atoms with Crippen molar-refractivity contribution in [2.24, 2.45) is 0 Å². The SMILES string of the molecule is Cc1cccc(-n2c(=O)c3sccc3n(CC(=O)Nc3cc(F)ccc3F)c2=O)c1. The highest BCUT2D eigenvalue weighted by Gasteiger charge is 2.18. The van der Waals surface area contributed by atoms with Crippen molar-refractivity contribution in [2.45, 2.75) is 13.5 Å². The molecule has 2 aromatic heterocycles. The number of carbonyl (C=O) groups excluding carboxylic acids is 1. The molecule has 30 heavy (non-hydrogen) atoms. The van der Waals surface area contributed by atoms with E-state index >= 15 is 0 Å². The van der Waals surface area contributed by atoms with Crippen LogP contribution >= 0.6 is 11.3 Å². The van der Waals surface area contributed by atoms with Gasteiger partial charge in [-0.1, -0.05) is 12.1 Å². The van der Waals surface area contributed by atoms with Crippen LogP contribution in [0, 0.1) is 18.6 Å². The second-order valence-corrected chi connectivity index (χ2v) is 7.57. The molecule has 4 rings (SSSR count). The molecule has 2 heterocycles. The summed E-state index contributed by atoms with van der Waals surface area (Å²) in [6.07, 6.45) is 0. The summed E-state index contributed by atoms with van der Waals surface area (Å²) in [4.78, 5) is 38.5. The molecule has 0 radical (unpaired) electrons. The molecular formula is C21H15F2N3O3S. The van der Waals surface area contributed by atoms with E-state index in [1.165, 1.54) is 0 Å². The number of carbonyl (C=O) groups is 1. The lowest BCUT2D eigenvalue weighted by Gasteiger charge is -2.13. The molecule has 0 saturated carbocycles. The van der Waals surface area contributed by atoms with Gasteiger partial charge in [-0.2, -0.15) is 0 Å². The highest BCUT2D eigenvalue weighted by atomic mass is 32.1. The first-order valence-corrected chi connectivity index (χ1v) is 9.78. The van der Waals surface area contributed by atoms with Gasteiger partial charge in [-0.3, -0.25) is 14.2 Å². The number of halogens is 2. The van der Waals surface area contributed by atoms with Crippen LogP contribution in [0.25, 0.3) is 15.9 Å². The molecule has 152 valence electrons. The van der Waals surface area contributed by atoms with Gasteiger partial charge in [0.15, 0.2) is 0 Å². The molecule has 0 spiro atoms. The average Bonchev–Trinajstić information content (AvgIpc) is 3.18. The van der Waals surface area contributed by atoms with E-state index in [1.54, 1.807) is 29.6 Å². The maximum absolute atomic E-state index is 13.8. The number of aryl methyl sites for hydroxylation is 1. The van der Waals surface area contributed by atoms with Crippen LogP contribution in [0.5, 0.6) is 0 Å². The van der Waals surface area contributed by atoms with Crippen LogP contribution in [0.1, 0.15) is 5.56 Å². The number of rotatable bonds is 4. The normalized spacial score (nSPS) is 11.0. The van der Waals surface area contributed by atoms with E-state index in [4.69, 9.17) is 0 Å². The molecule has 0 saturated heterocycles. The van der Waals surface area contributed by atoms with Gasteiger partial charge in [0.1, 0.15) is 22.9 Å². The molecule has 9 heteroatoms. The fraction of sp³-hybridized carbons (Fsp3) is 0.0952. The van der Waals surface area contributed by atoms with Gasteiger partial charge in [0.05, 0.1) is 16.9 Å². The molecular weight excluding hydrogens is 412 g/mol. The minimum absolute atomic E-state index is 0.300. The maximum Gasteiger partial charge on any atom is 0.336 e. The van der Waals surface area contributed by atoms with Crippen LogP contribution in [-0.2, 0) is 11.3 Å². The van der Waals surface area contributed by atoms with E-state index < -0.39 is 35.3 Å². The first-order chi connectivity index (χ1) is 14.3. The number of thiophene rings is 1. The Kier molecular flexibility index (Phi) is 5.04. The fourth-order valence-electron chi connectivity index (χ4n) is 3.16. The second kappa shape index (κ2) is 7.68. The summed E-state index contributed by atoms with van der Waals surface area (Å²) < 4.78 is 29.6. The Bertz CT molecular complexity index is 1400. The molecule has 0 unspecified atom stereocenters. The van der Waals surface area contributed by atoms with Gasteiger partial charge in [0, 0.05) is 6.07 Å². The molecule has 1 amide bonds. The van der Waals surface area contributed by atoms with Crippen LogP contribution in [0.4, 0.5) is 14.5 Å². The smallest absolute Gasteiger partial charge is 0.322 e. The monoisotopic (exact) mass is 427 g/mol. The summed E-state index contributed by atoms with van der Waals surface area (Å²) in [6, 6.07) is 11.1. The average molecular weight is 427 g/mol. The third-order valence-corrected chi connectivity index (χ3v) is 5.41. The predicted molar refractivity (Wildman–Crippen MR) is 111 cm³/mol. The van der Waals surface area contributed by atoms with Crippen molar-refractivity contribution in [3.05, 3.63) is 91.9 Å². The van der Waals surface area contributed by atoms with Crippen molar-refractivity contribution in [2.75, 3.05) is 5.32 Å². The molecule has 1 N–H and O–H groups in total. The predicted octanol–water partition coefficient (Wildman–Crippen LogP) is 3.44.